The van der Waals surface area contributed by atoms with Crippen molar-refractivity contribution in [1.29, 1.82) is 0 Å². The molecule has 4 heteroatoms. The fourth-order valence-corrected chi connectivity index (χ4v) is 2.10. The first-order valence-corrected chi connectivity index (χ1v) is 6.48. The molecule has 0 saturated heterocycles. The maximum atomic E-state index is 12.0. The number of carbonyl (C=O) groups excluding carboxylic acids is 1. The van der Waals surface area contributed by atoms with Crippen LogP contribution in [0, 0.1) is 0 Å². The van der Waals surface area contributed by atoms with E-state index in [0.717, 1.165) is 18.8 Å². The van der Waals surface area contributed by atoms with Gasteiger partial charge in [0.05, 0.1) is 0 Å². The summed E-state index contributed by atoms with van der Waals surface area (Å²) in [7, 11) is 0. The van der Waals surface area contributed by atoms with E-state index in [2.05, 4.69) is 22.1 Å². The highest BCUT2D eigenvalue weighted by atomic mass is 16.1. The van der Waals surface area contributed by atoms with Crippen LogP contribution in [0.4, 0.5) is 0 Å². The van der Waals surface area contributed by atoms with Crippen molar-refractivity contribution in [3.05, 3.63) is 24.0 Å². The van der Waals surface area contributed by atoms with Crippen molar-refractivity contribution in [2.45, 2.75) is 32.2 Å². The minimum absolute atomic E-state index is 0.0415. The molecule has 0 radical (unpaired) electrons. The number of aromatic nitrogens is 1. The Kier molecular flexibility index (Phi) is 4.20. The molecule has 1 saturated carbocycles. The lowest BCUT2D eigenvalue weighted by Crippen LogP contribution is -2.33. The highest BCUT2D eigenvalue weighted by Gasteiger charge is 2.22. The van der Waals surface area contributed by atoms with Gasteiger partial charge < -0.3 is 15.2 Å². The maximum Gasteiger partial charge on any atom is 0.267 e. The molecule has 0 bridgehead atoms. The molecule has 1 fully saturated rings. The van der Waals surface area contributed by atoms with Crippen molar-refractivity contribution in [3.8, 4) is 0 Å². The third-order valence-corrected chi connectivity index (χ3v) is 3.32. The molecule has 0 atom stereocenters. The van der Waals surface area contributed by atoms with E-state index >= 15 is 0 Å². The molecule has 1 aromatic rings. The van der Waals surface area contributed by atoms with Crippen LogP contribution in [0.1, 0.15) is 42.7 Å². The lowest BCUT2D eigenvalue weighted by atomic mass is 9.93. The topological polar surface area (TPSA) is 46.1 Å². The second-order valence-corrected chi connectivity index (χ2v) is 4.49. The van der Waals surface area contributed by atoms with Crippen LogP contribution in [-0.2, 0) is 0 Å². The van der Waals surface area contributed by atoms with E-state index in [1.165, 1.54) is 19.3 Å². The number of hydrogen-bond donors (Lipinski definition) is 2. The van der Waals surface area contributed by atoms with Gasteiger partial charge in [-0.15, -0.1) is 0 Å². The number of carbonyl (C=O) groups is 1. The van der Waals surface area contributed by atoms with Gasteiger partial charge in [-0.25, -0.2) is 0 Å². The van der Waals surface area contributed by atoms with Crippen LogP contribution in [-0.4, -0.2) is 30.1 Å². The first-order chi connectivity index (χ1) is 8.33. The Bertz CT molecular complexity index is 368. The second-order valence-electron chi connectivity index (χ2n) is 4.49. The quantitative estimate of drug-likeness (QED) is 0.735. The summed E-state index contributed by atoms with van der Waals surface area (Å²) in [6.45, 7) is 4.51. The summed E-state index contributed by atoms with van der Waals surface area (Å²) in [6.07, 6.45) is 5.70. The van der Waals surface area contributed by atoms with E-state index in [-0.39, 0.29) is 5.91 Å². The van der Waals surface area contributed by atoms with E-state index in [9.17, 15) is 4.79 Å². The Balaban J connectivity index is 1.87. The van der Waals surface area contributed by atoms with Gasteiger partial charge in [0.1, 0.15) is 5.69 Å². The lowest BCUT2D eigenvalue weighted by molar-refractivity contribution is 0.0939. The molecule has 94 valence electrons. The molecule has 2 rings (SSSR count). The van der Waals surface area contributed by atoms with Gasteiger partial charge in [-0.3, -0.25) is 4.79 Å². The number of hydrogen-bond acceptors (Lipinski definition) is 2. The Morgan fingerprint density at radius 3 is 2.94 bits per heavy atom. The smallest absolute Gasteiger partial charge is 0.267 e. The number of nitrogens with zero attached hydrogens (tertiary/aromatic N) is 1. The molecular formula is C13H21N3O. The average molecular weight is 235 g/mol. The van der Waals surface area contributed by atoms with Crippen molar-refractivity contribution >= 4 is 5.91 Å². The van der Waals surface area contributed by atoms with Gasteiger partial charge in [-0.2, -0.15) is 0 Å². The predicted octanol–water partition coefficient (Wildman–Crippen LogP) is 1.55. The van der Waals surface area contributed by atoms with Crippen LogP contribution < -0.4 is 10.6 Å². The van der Waals surface area contributed by atoms with Crippen LogP contribution in [0.2, 0.25) is 0 Å². The molecular weight excluding hydrogens is 214 g/mol. The Hall–Kier alpha value is -1.29. The zero-order valence-electron chi connectivity index (χ0n) is 10.4. The van der Waals surface area contributed by atoms with Crippen LogP contribution in [0.25, 0.3) is 0 Å². The fraction of sp³-hybridized carbons (Fsp3) is 0.615. The predicted molar refractivity (Wildman–Crippen MR) is 68.2 cm³/mol. The lowest BCUT2D eigenvalue weighted by Gasteiger charge is -2.28. The van der Waals surface area contributed by atoms with E-state index in [1.807, 2.05) is 18.3 Å². The monoisotopic (exact) mass is 235 g/mol. The van der Waals surface area contributed by atoms with E-state index in [4.69, 9.17) is 0 Å². The molecule has 2 N–H and O–H groups in total. The molecule has 0 aromatic carbocycles. The second kappa shape index (κ2) is 5.87. The summed E-state index contributed by atoms with van der Waals surface area (Å²) in [5, 5.41) is 6.13. The molecule has 1 aliphatic rings. The summed E-state index contributed by atoms with van der Waals surface area (Å²) in [5.41, 5.74) is 0.797. The van der Waals surface area contributed by atoms with Crippen LogP contribution >= 0.6 is 0 Å². The van der Waals surface area contributed by atoms with Gasteiger partial charge >= 0.3 is 0 Å². The van der Waals surface area contributed by atoms with Gasteiger partial charge in [0.2, 0.25) is 0 Å². The van der Waals surface area contributed by atoms with Gasteiger partial charge in [0.15, 0.2) is 0 Å². The van der Waals surface area contributed by atoms with E-state index in [1.54, 1.807) is 0 Å². The third kappa shape index (κ3) is 2.88. The molecule has 1 heterocycles. The Labute approximate surface area is 102 Å². The maximum absolute atomic E-state index is 12.0. The average Bonchev–Trinajstić information content (AvgIpc) is 2.70. The number of rotatable bonds is 6. The molecule has 4 nitrogen and oxygen atoms in total. The molecule has 1 aromatic heterocycles. The van der Waals surface area contributed by atoms with Gasteiger partial charge in [0, 0.05) is 25.3 Å². The van der Waals surface area contributed by atoms with Crippen LogP contribution in [0.5, 0.6) is 0 Å². The van der Waals surface area contributed by atoms with E-state index in [0.29, 0.717) is 12.6 Å². The Morgan fingerprint density at radius 1 is 1.47 bits per heavy atom. The molecule has 1 amide bonds. The highest BCUT2D eigenvalue weighted by Crippen LogP contribution is 2.32. The van der Waals surface area contributed by atoms with Crippen molar-refractivity contribution in [2.75, 3.05) is 19.6 Å². The number of nitrogens with one attached hydrogen (secondary N) is 2. The van der Waals surface area contributed by atoms with Crippen LogP contribution in [0.3, 0.4) is 0 Å². The molecule has 0 aliphatic heterocycles. The number of amides is 1. The summed E-state index contributed by atoms with van der Waals surface area (Å²) < 4.78 is 2.12. The zero-order chi connectivity index (χ0) is 12.1. The Morgan fingerprint density at radius 2 is 2.29 bits per heavy atom. The van der Waals surface area contributed by atoms with Gasteiger partial charge in [-0.05, 0) is 37.9 Å². The largest absolute Gasteiger partial charge is 0.349 e. The standard InChI is InChI=1S/C13H21N3O/c1-2-14-8-9-15-13(17)12-7-4-10-16(12)11-5-3-6-11/h4,7,10-11,14H,2-3,5-6,8-9H2,1H3,(H,15,17). The van der Waals surface area contributed by atoms with Gasteiger partial charge in [-0.1, -0.05) is 6.92 Å². The zero-order valence-corrected chi connectivity index (χ0v) is 10.4. The first kappa shape index (κ1) is 12.2. The highest BCUT2D eigenvalue weighted by molar-refractivity contribution is 5.92. The third-order valence-electron chi connectivity index (χ3n) is 3.32. The van der Waals surface area contributed by atoms with Crippen molar-refractivity contribution in [3.63, 3.8) is 0 Å². The minimum Gasteiger partial charge on any atom is -0.349 e. The fourth-order valence-electron chi connectivity index (χ4n) is 2.10. The summed E-state index contributed by atoms with van der Waals surface area (Å²) in [6, 6.07) is 4.40. The van der Waals surface area contributed by atoms with Crippen molar-refractivity contribution < 1.29 is 4.79 Å². The molecule has 0 spiro atoms. The summed E-state index contributed by atoms with van der Waals surface area (Å²) in [5.74, 6) is 0.0415. The summed E-state index contributed by atoms with van der Waals surface area (Å²) >= 11 is 0. The first-order valence-electron chi connectivity index (χ1n) is 6.48. The summed E-state index contributed by atoms with van der Waals surface area (Å²) in [4.78, 5) is 12.0. The SMILES string of the molecule is CCNCCNC(=O)c1cccn1C1CCC1. The van der Waals surface area contributed by atoms with Crippen molar-refractivity contribution in [2.24, 2.45) is 0 Å². The molecule has 1 aliphatic carbocycles. The van der Waals surface area contributed by atoms with E-state index < -0.39 is 0 Å². The normalized spacial score (nSPS) is 15.6. The molecule has 0 unspecified atom stereocenters. The van der Waals surface area contributed by atoms with Crippen LogP contribution in [0.15, 0.2) is 18.3 Å². The van der Waals surface area contributed by atoms with Gasteiger partial charge in [0.25, 0.3) is 5.91 Å². The minimum atomic E-state index is 0.0415. The molecule has 17 heavy (non-hydrogen) atoms. The van der Waals surface area contributed by atoms with Crippen molar-refractivity contribution in [1.82, 2.24) is 15.2 Å². The number of likely N-dealkylation sites (N-methyl/N-ethyl adjacent to an activating group) is 1.